The molecule has 2 aliphatic carbocycles. The van der Waals surface area contributed by atoms with Crippen LogP contribution in [-0.4, -0.2) is 17.9 Å². The van der Waals surface area contributed by atoms with Gasteiger partial charge in [0.15, 0.2) is 0 Å². The quantitative estimate of drug-likeness (QED) is 0.713. The van der Waals surface area contributed by atoms with Gasteiger partial charge in [-0.2, -0.15) is 0 Å². The average molecular weight is 392 g/mol. The van der Waals surface area contributed by atoms with Crippen molar-refractivity contribution in [1.82, 2.24) is 5.32 Å². The van der Waals surface area contributed by atoms with E-state index in [1.807, 2.05) is 42.5 Å². The number of carbonyl (C=O) groups is 2. The van der Waals surface area contributed by atoms with Crippen LogP contribution in [-0.2, 0) is 9.59 Å². The minimum atomic E-state index is -0.649. The Hall–Kier alpha value is -2.82. The van der Waals surface area contributed by atoms with Gasteiger partial charge in [-0.1, -0.05) is 37.3 Å². The van der Waals surface area contributed by atoms with E-state index in [2.05, 4.69) is 17.6 Å². The predicted molar refractivity (Wildman–Crippen MR) is 113 cm³/mol. The molecule has 4 rings (SSSR count). The largest absolute Gasteiger partial charge is 0.490 e. The molecule has 0 radical (unpaired) electrons. The number of nitrogens with one attached hydrogen (secondary N) is 2. The maximum absolute atomic E-state index is 12.5. The Labute approximate surface area is 171 Å². The van der Waals surface area contributed by atoms with Crippen molar-refractivity contribution in [1.29, 1.82) is 0 Å². The van der Waals surface area contributed by atoms with Gasteiger partial charge in [0.05, 0.1) is 12.1 Å². The normalized spacial score (nSPS) is 22.0. The van der Waals surface area contributed by atoms with Gasteiger partial charge >= 0.3 is 11.8 Å². The van der Waals surface area contributed by atoms with E-state index in [1.54, 1.807) is 12.1 Å². The van der Waals surface area contributed by atoms with Gasteiger partial charge in [-0.25, -0.2) is 0 Å². The van der Waals surface area contributed by atoms with E-state index in [4.69, 9.17) is 4.74 Å². The zero-order chi connectivity index (χ0) is 20.2. The fourth-order valence-electron chi connectivity index (χ4n) is 4.12. The fraction of sp³-hybridized carbons (Fsp3) is 0.417. The van der Waals surface area contributed by atoms with Gasteiger partial charge in [0.1, 0.15) is 5.75 Å². The third-order valence-electron chi connectivity index (χ3n) is 5.97. The first-order chi connectivity index (χ1) is 14.1. The number of anilines is 1. The van der Waals surface area contributed by atoms with E-state index in [0.717, 1.165) is 30.6 Å². The number of rotatable bonds is 6. The number of carbonyl (C=O) groups excluding carboxylic acids is 2. The van der Waals surface area contributed by atoms with Gasteiger partial charge in [-0.3, -0.25) is 9.59 Å². The summed E-state index contributed by atoms with van der Waals surface area (Å²) in [4.78, 5) is 24.9. The highest BCUT2D eigenvalue weighted by Gasteiger charge is 2.41. The second-order valence-electron chi connectivity index (χ2n) is 8.24. The summed E-state index contributed by atoms with van der Waals surface area (Å²) in [5.41, 5.74) is 1.62. The summed E-state index contributed by atoms with van der Waals surface area (Å²) in [6.07, 6.45) is 5.99. The molecule has 2 amide bonds. The Bertz CT molecular complexity index is 844. The van der Waals surface area contributed by atoms with Gasteiger partial charge in [-0.15, -0.1) is 0 Å². The molecule has 2 aromatic rings. The lowest BCUT2D eigenvalue weighted by Crippen LogP contribution is -2.38. The Kier molecular flexibility index (Phi) is 5.84. The average Bonchev–Trinajstić information content (AvgIpc) is 3.23. The highest BCUT2D eigenvalue weighted by atomic mass is 16.5. The van der Waals surface area contributed by atoms with E-state index in [-0.39, 0.29) is 6.04 Å². The maximum Gasteiger partial charge on any atom is 0.313 e. The molecule has 29 heavy (non-hydrogen) atoms. The molecular formula is C24H28N2O3. The minimum absolute atomic E-state index is 0.133. The van der Waals surface area contributed by atoms with E-state index in [0.29, 0.717) is 23.6 Å². The molecule has 0 aromatic heterocycles. The van der Waals surface area contributed by atoms with Crippen LogP contribution >= 0.6 is 0 Å². The van der Waals surface area contributed by atoms with Crippen LogP contribution < -0.4 is 15.4 Å². The second-order valence-corrected chi connectivity index (χ2v) is 8.24. The Morgan fingerprint density at radius 1 is 0.966 bits per heavy atom. The third-order valence-corrected chi connectivity index (χ3v) is 5.97. The highest BCUT2D eigenvalue weighted by molar-refractivity contribution is 6.39. The number of ether oxygens (including phenoxy) is 1. The molecule has 5 heteroatoms. The van der Waals surface area contributed by atoms with Crippen LogP contribution in [0.2, 0.25) is 0 Å². The fourth-order valence-corrected chi connectivity index (χ4v) is 4.12. The van der Waals surface area contributed by atoms with Crippen LogP contribution in [0.4, 0.5) is 5.69 Å². The molecule has 152 valence electrons. The molecule has 2 fully saturated rings. The topological polar surface area (TPSA) is 67.4 Å². The van der Waals surface area contributed by atoms with Gasteiger partial charge in [0.2, 0.25) is 0 Å². The van der Waals surface area contributed by atoms with Gasteiger partial charge in [-0.05, 0) is 73.8 Å². The van der Waals surface area contributed by atoms with Gasteiger partial charge < -0.3 is 15.4 Å². The Morgan fingerprint density at radius 2 is 1.62 bits per heavy atom. The predicted octanol–water partition coefficient (Wildman–Crippen LogP) is 4.46. The van der Waals surface area contributed by atoms with Crippen LogP contribution in [0.5, 0.6) is 5.75 Å². The molecule has 0 saturated heterocycles. The van der Waals surface area contributed by atoms with Crippen LogP contribution in [0.1, 0.15) is 50.6 Å². The number of amides is 2. The SMILES string of the molecule is CC1CC1C(NC(=O)C(=O)Nc1ccc(OC2CCCC2)cc1)c1ccccc1. The summed E-state index contributed by atoms with van der Waals surface area (Å²) in [6.45, 7) is 2.17. The monoisotopic (exact) mass is 392 g/mol. The van der Waals surface area contributed by atoms with Crippen LogP contribution in [0, 0.1) is 11.8 Å². The Balaban J connectivity index is 1.34. The van der Waals surface area contributed by atoms with Gasteiger partial charge in [0, 0.05) is 5.69 Å². The summed E-state index contributed by atoms with van der Waals surface area (Å²) >= 11 is 0. The Morgan fingerprint density at radius 3 is 2.24 bits per heavy atom. The van der Waals surface area contributed by atoms with Crippen molar-refractivity contribution >= 4 is 17.5 Å². The number of hydrogen-bond acceptors (Lipinski definition) is 3. The van der Waals surface area contributed by atoms with E-state index >= 15 is 0 Å². The van der Waals surface area contributed by atoms with Crippen LogP contribution in [0.15, 0.2) is 54.6 Å². The van der Waals surface area contributed by atoms with Crippen molar-refractivity contribution in [2.75, 3.05) is 5.32 Å². The molecule has 2 aliphatic rings. The van der Waals surface area contributed by atoms with Crippen molar-refractivity contribution in [3.8, 4) is 5.75 Å². The zero-order valence-corrected chi connectivity index (χ0v) is 16.8. The summed E-state index contributed by atoms with van der Waals surface area (Å²) < 4.78 is 5.94. The molecule has 2 aromatic carbocycles. The molecule has 0 heterocycles. The molecule has 2 N–H and O–H groups in total. The van der Waals surface area contributed by atoms with E-state index < -0.39 is 11.8 Å². The molecule has 0 aliphatic heterocycles. The summed E-state index contributed by atoms with van der Waals surface area (Å²) in [6, 6.07) is 16.9. The molecule has 2 saturated carbocycles. The standard InChI is InChI=1S/C24H28N2O3/c1-16-15-21(16)22(17-7-3-2-4-8-17)26-24(28)23(27)25-18-11-13-20(14-12-18)29-19-9-5-6-10-19/h2-4,7-8,11-14,16,19,21-22H,5-6,9-10,15H2,1H3,(H,25,27)(H,26,28). The van der Waals surface area contributed by atoms with E-state index in [9.17, 15) is 9.59 Å². The number of benzene rings is 2. The molecule has 0 spiro atoms. The summed E-state index contributed by atoms with van der Waals surface area (Å²) in [5.74, 6) is 0.469. The van der Waals surface area contributed by atoms with Crippen LogP contribution in [0.25, 0.3) is 0 Å². The highest BCUT2D eigenvalue weighted by Crippen LogP contribution is 2.46. The van der Waals surface area contributed by atoms with E-state index in [1.165, 1.54) is 12.8 Å². The molecular weight excluding hydrogens is 364 g/mol. The summed E-state index contributed by atoms with van der Waals surface area (Å²) in [5, 5.41) is 5.61. The van der Waals surface area contributed by atoms with Crippen molar-refractivity contribution in [3.63, 3.8) is 0 Å². The molecule has 5 nitrogen and oxygen atoms in total. The van der Waals surface area contributed by atoms with Gasteiger partial charge in [0.25, 0.3) is 0 Å². The first kappa shape index (κ1) is 19.5. The van der Waals surface area contributed by atoms with Crippen LogP contribution in [0.3, 0.4) is 0 Å². The maximum atomic E-state index is 12.5. The van der Waals surface area contributed by atoms with Crippen molar-refractivity contribution in [2.45, 2.75) is 51.2 Å². The van der Waals surface area contributed by atoms with Crippen molar-refractivity contribution in [2.24, 2.45) is 11.8 Å². The molecule has 3 atom stereocenters. The zero-order valence-electron chi connectivity index (χ0n) is 16.8. The second kappa shape index (κ2) is 8.68. The first-order valence-electron chi connectivity index (χ1n) is 10.5. The lowest BCUT2D eigenvalue weighted by molar-refractivity contribution is -0.136. The summed E-state index contributed by atoms with van der Waals surface area (Å²) in [7, 11) is 0. The molecule has 3 unspecified atom stereocenters. The molecule has 0 bridgehead atoms. The first-order valence-corrected chi connectivity index (χ1v) is 10.5. The third kappa shape index (κ3) is 4.97. The lowest BCUT2D eigenvalue weighted by atomic mass is 10.0. The van der Waals surface area contributed by atoms with Crippen molar-refractivity contribution < 1.29 is 14.3 Å². The minimum Gasteiger partial charge on any atom is -0.490 e. The lowest BCUT2D eigenvalue weighted by Gasteiger charge is -2.19. The van der Waals surface area contributed by atoms with Crippen molar-refractivity contribution in [3.05, 3.63) is 60.2 Å². The number of hydrogen-bond donors (Lipinski definition) is 2. The smallest absolute Gasteiger partial charge is 0.313 e.